The Morgan fingerprint density at radius 1 is 1.28 bits per heavy atom. The Morgan fingerprint density at radius 3 is 2.44 bits per heavy atom. The van der Waals surface area contributed by atoms with Crippen molar-refractivity contribution in [2.75, 3.05) is 37.6 Å². The number of urea groups is 1. The summed E-state index contributed by atoms with van der Waals surface area (Å²) in [5, 5.41) is 2.31. The predicted molar refractivity (Wildman–Crippen MR) is 84.0 cm³/mol. The number of piperazine rings is 1. The van der Waals surface area contributed by atoms with Crippen molar-refractivity contribution >= 4 is 29.4 Å². The molecule has 0 atom stereocenters. The van der Waals surface area contributed by atoms with Crippen LogP contribution in [0.4, 0.5) is 23.8 Å². The van der Waals surface area contributed by atoms with Crippen molar-refractivity contribution < 1.29 is 27.7 Å². The van der Waals surface area contributed by atoms with E-state index in [-0.39, 0.29) is 23.9 Å². The number of aromatic nitrogens is 1. The highest BCUT2D eigenvalue weighted by atomic mass is 35.5. The Morgan fingerprint density at radius 2 is 1.92 bits per heavy atom. The molecule has 3 amide bonds. The number of halogens is 4. The highest BCUT2D eigenvalue weighted by Gasteiger charge is 2.34. The molecule has 0 spiro atoms. The second kappa shape index (κ2) is 7.77. The minimum absolute atomic E-state index is 0.0275. The van der Waals surface area contributed by atoms with Crippen LogP contribution in [-0.2, 0) is 11.0 Å². The van der Waals surface area contributed by atoms with Crippen LogP contribution in [0, 0.1) is 0 Å². The lowest BCUT2D eigenvalue weighted by Crippen LogP contribution is -2.50. The molecule has 1 aliphatic heterocycles. The molecule has 0 aromatic carbocycles. The Labute approximate surface area is 146 Å². The van der Waals surface area contributed by atoms with E-state index in [1.165, 1.54) is 0 Å². The van der Waals surface area contributed by atoms with Gasteiger partial charge in [0.2, 0.25) is 5.91 Å². The monoisotopic (exact) mass is 380 g/mol. The van der Waals surface area contributed by atoms with Crippen LogP contribution in [0.2, 0.25) is 5.02 Å². The molecule has 1 saturated heterocycles. The molecule has 1 aromatic rings. The summed E-state index contributed by atoms with van der Waals surface area (Å²) in [5.41, 5.74) is 4.07. The van der Waals surface area contributed by atoms with E-state index in [1.54, 1.807) is 9.80 Å². The molecule has 0 unspecified atom stereocenters. The first-order valence-electron chi connectivity index (χ1n) is 7.53. The maximum Gasteiger partial charge on any atom is 0.419 e. The number of carbonyl (C=O) groups excluding carboxylic acids is 2. The van der Waals surface area contributed by atoms with E-state index in [9.17, 15) is 22.8 Å². The van der Waals surface area contributed by atoms with Crippen LogP contribution in [0.3, 0.4) is 0 Å². The van der Waals surface area contributed by atoms with Crippen LogP contribution in [-0.4, -0.2) is 49.6 Å². The van der Waals surface area contributed by atoms with Crippen LogP contribution in [0.5, 0.6) is 0 Å². The number of nitrogens with two attached hydrogens (primary N) is 1. The van der Waals surface area contributed by atoms with Gasteiger partial charge in [-0.25, -0.2) is 9.78 Å². The minimum Gasteiger partial charge on any atom is -0.352 e. The average Bonchev–Trinajstić information content (AvgIpc) is 2.53. The second-order valence-electron chi connectivity index (χ2n) is 5.49. The van der Waals surface area contributed by atoms with Crippen molar-refractivity contribution in [1.82, 2.24) is 10.2 Å². The fourth-order valence-electron chi connectivity index (χ4n) is 2.50. The number of amides is 3. The van der Waals surface area contributed by atoms with Crippen molar-refractivity contribution in [3.05, 3.63) is 22.8 Å². The third-order valence-corrected chi connectivity index (χ3v) is 4.07. The molecule has 25 heavy (non-hydrogen) atoms. The third-order valence-electron chi connectivity index (χ3n) is 3.79. The van der Waals surface area contributed by atoms with E-state index in [0.29, 0.717) is 32.0 Å². The van der Waals surface area contributed by atoms with Gasteiger partial charge in [0, 0.05) is 13.0 Å². The molecule has 0 saturated carbocycles. The zero-order valence-corrected chi connectivity index (χ0v) is 14.0. The Bertz CT molecular complexity index is 648. The largest absolute Gasteiger partial charge is 0.419 e. The summed E-state index contributed by atoms with van der Waals surface area (Å²) in [5.74, 6) is 0.257. The van der Waals surface area contributed by atoms with E-state index in [0.717, 1.165) is 12.3 Å². The van der Waals surface area contributed by atoms with Gasteiger partial charge >= 0.3 is 12.2 Å². The lowest BCUT2D eigenvalue weighted by Gasteiger charge is -2.31. The van der Waals surface area contributed by atoms with E-state index < -0.39 is 17.8 Å². The van der Waals surface area contributed by atoms with Crippen LogP contribution in [0.25, 0.3) is 0 Å². The number of hydrogen-bond donors (Lipinski definition) is 2. The van der Waals surface area contributed by atoms with Crippen LogP contribution in [0.15, 0.2) is 12.3 Å². The predicted octanol–water partition coefficient (Wildman–Crippen LogP) is 0.880. The number of pyridine rings is 1. The number of H-pyrrole nitrogens is 1. The zero-order valence-electron chi connectivity index (χ0n) is 13.2. The molecule has 1 aliphatic rings. The van der Waals surface area contributed by atoms with Gasteiger partial charge in [-0.3, -0.25) is 9.69 Å². The molecule has 2 rings (SSSR count). The molecule has 2 heterocycles. The normalized spacial score (nSPS) is 15.2. The smallest absolute Gasteiger partial charge is 0.352 e. The lowest BCUT2D eigenvalue weighted by molar-refractivity contribution is -0.367. The first-order valence-corrected chi connectivity index (χ1v) is 7.90. The van der Waals surface area contributed by atoms with Gasteiger partial charge in [0.1, 0.15) is 24.3 Å². The molecule has 7 nitrogen and oxygen atoms in total. The van der Waals surface area contributed by atoms with Crippen LogP contribution < -0.4 is 20.9 Å². The van der Waals surface area contributed by atoms with E-state index >= 15 is 0 Å². The van der Waals surface area contributed by atoms with Crippen LogP contribution in [0.1, 0.15) is 12.0 Å². The number of rotatable bonds is 4. The summed E-state index contributed by atoms with van der Waals surface area (Å²) in [4.78, 5) is 28.6. The van der Waals surface area contributed by atoms with Gasteiger partial charge in [-0.2, -0.15) is 13.2 Å². The van der Waals surface area contributed by atoms with Crippen molar-refractivity contribution in [2.24, 2.45) is 5.73 Å². The SMILES string of the molecule is NC(=O)NCCC(=O)N1CCN(c2[nH+]cc(C(F)(F)F)cc2Cl)CC1. The summed E-state index contributed by atoms with van der Waals surface area (Å²) in [6.07, 6.45) is -3.47. The summed E-state index contributed by atoms with van der Waals surface area (Å²) >= 11 is 5.96. The third kappa shape index (κ3) is 5.12. The summed E-state index contributed by atoms with van der Waals surface area (Å²) in [6, 6.07) is 0.186. The Balaban J connectivity index is 1.92. The summed E-state index contributed by atoms with van der Waals surface area (Å²) in [6.45, 7) is 1.82. The number of anilines is 1. The van der Waals surface area contributed by atoms with Gasteiger partial charge in [-0.05, 0) is 6.07 Å². The Kier molecular flexibility index (Phi) is 5.93. The maximum absolute atomic E-state index is 12.7. The first kappa shape index (κ1) is 19.1. The fraction of sp³-hybridized carbons (Fsp3) is 0.500. The lowest BCUT2D eigenvalue weighted by atomic mass is 10.2. The van der Waals surface area contributed by atoms with Gasteiger partial charge in [-0.1, -0.05) is 11.6 Å². The van der Waals surface area contributed by atoms with Crippen LogP contribution >= 0.6 is 11.6 Å². The maximum atomic E-state index is 12.7. The fourth-order valence-corrected chi connectivity index (χ4v) is 2.79. The number of alkyl halides is 3. The van der Waals surface area contributed by atoms with Crippen molar-refractivity contribution in [2.45, 2.75) is 12.6 Å². The van der Waals surface area contributed by atoms with Crippen molar-refractivity contribution in [3.8, 4) is 0 Å². The molecular formula is C14H18ClF3N5O2+. The molecule has 11 heteroatoms. The van der Waals surface area contributed by atoms with Crippen molar-refractivity contribution in [3.63, 3.8) is 0 Å². The number of carbonyl (C=O) groups is 2. The van der Waals surface area contributed by atoms with Gasteiger partial charge in [0.25, 0.3) is 5.82 Å². The number of aromatic amines is 1. The molecule has 0 aliphatic carbocycles. The highest BCUT2D eigenvalue weighted by Crippen LogP contribution is 2.32. The first-order chi connectivity index (χ1) is 11.7. The highest BCUT2D eigenvalue weighted by molar-refractivity contribution is 6.32. The molecule has 0 bridgehead atoms. The van der Waals surface area contributed by atoms with E-state index in [2.05, 4.69) is 10.3 Å². The zero-order chi connectivity index (χ0) is 18.6. The van der Waals surface area contributed by atoms with Gasteiger partial charge in [-0.15, -0.1) is 0 Å². The van der Waals surface area contributed by atoms with E-state index in [1.807, 2.05) is 0 Å². The number of primary amides is 1. The number of hydrogen-bond acceptors (Lipinski definition) is 3. The molecule has 4 N–H and O–H groups in total. The molecular weight excluding hydrogens is 363 g/mol. The van der Waals surface area contributed by atoms with E-state index in [4.69, 9.17) is 17.3 Å². The van der Waals surface area contributed by atoms with Gasteiger partial charge < -0.3 is 16.0 Å². The van der Waals surface area contributed by atoms with Gasteiger partial charge in [0.15, 0.2) is 0 Å². The molecule has 0 radical (unpaired) electrons. The van der Waals surface area contributed by atoms with Crippen molar-refractivity contribution in [1.29, 1.82) is 0 Å². The topological polar surface area (TPSA) is 92.8 Å². The van der Waals surface area contributed by atoms with Gasteiger partial charge in [0.05, 0.1) is 18.7 Å². The molecule has 1 aromatic heterocycles. The molecule has 138 valence electrons. The minimum atomic E-state index is -4.47. The quantitative estimate of drug-likeness (QED) is 0.812. The second-order valence-corrected chi connectivity index (χ2v) is 5.90. The molecule has 1 fully saturated rings. The Hall–Kier alpha value is -2.23. The number of nitrogens with zero attached hydrogens (tertiary/aromatic N) is 2. The standard InChI is InChI=1S/C14H17ClF3N5O2/c15-10-7-9(14(16,17)18)8-21-12(10)23-5-3-22(4-6-23)11(24)1-2-20-13(19)25/h7-8H,1-6H2,(H3,19,20,25)/p+1. The summed E-state index contributed by atoms with van der Waals surface area (Å²) < 4.78 is 38.0. The summed E-state index contributed by atoms with van der Waals surface area (Å²) in [7, 11) is 0. The average molecular weight is 381 g/mol. The number of nitrogens with one attached hydrogen (secondary N) is 2.